The van der Waals surface area contributed by atoms with Crippen molar-refractivity contribution in [2.45, 2.75) is 90.4 Å². The summed E-state index contributed by atoms with van der Waals surface area (Å²) in [6.45, 7) is 9.06. The van der Waals surface area contributed by atoms with Gasteiger partial charge in [0.1, 0.15) is 0 Å². The van der Waals surface area contributed by atoms with E-state index in [-0.39, 0.29) is 6.61 Å². The Morgan fingerprint density at radius 2 is 1.03 bits per heavy atom. The molecule has 0 saturated carbocycles. The van der Waals surface area contributed by atoms with Crippen molar-refractivity contribution in [3.05, 3.63) is 70.8 Å². The zero-order valence-electron chi connectivity index (χ0n) is 20.2. The molecule has 0 aliphatic rings. The molecule has 4 nitrogen and oxygen atoms in total. The van der Waals surface area contributed by atoms with Crippen LogP contribution in [0.4, 0.5) is 0 Å². The van der Waals surface area contributed by atoms with Crippen LogP contribution in [-0.2, 0) is 9.09 Å². The Hall–Kier alpha value is -1.45. The molecule has 2 rings (SSSR count). The fraction of sp³-hybridized carbons (Fsp3) is 0.556. The second-order valence-corrected chi connectivity index (χ2v) is 10.7. The van der Waals surface area contributed by atoms with Gasteiger partial charge in [-0.1, -0.05) is 108 Å². The number of benzene rings is 2. The molecule has 0 radical (unpaired) electrons. The molecule has 0 spiro atoms. The molecular weight excluding hydrogens is 419 g/mol. The molecule has 0 fully saturated rings. The molecule has 2 N–H and O–H groups in total. The van der Waals surface area contributed by atoms with Gasteiger partial charge < -0.3 is 9.79 Å². The lowest BCUT2D eigenvalue weighted by molar-refractivity contribution is 0.193. The zero-order valence-corrected chi connectivity index (χ0v) is 21.1. The normalized spacial score (nSPS) is 12.3. The van der Waals surface area contributed by atoms with Crippen LogP contribution in [0.15, 0.2) is 48.5 Å². The molecule has 0 saturated heterocycles. The molecule has 0 aliphatic heterocycles. The average Bonchev–Trinajstić information content (AvgIpc) is 2.74. The Morgan fingerprint density at radius 1 is 0.656 bits per heavy atom. The van der Waals surface area contributed by atoms with E-state index in [4.69, 9.17) is 9.79 Å². The number of unbranched alkanes of at least 4 members (excludes halogenated alkanes) is 5. The van der Waals surface area contributed by atoms with Crippen LogP contribution in [0.25, 0.3) is 0 Å². The van der Waals surface area contributed by atoms with Crippen molar-refractivity contribution < 1.29 is 18.9 Å². The summed E-state index contributed by atoms with van der Waals surface area (Å²) in [5, 5.41) is 0. The summed E-state index contributed by atoms with van der Waals surface area (Å²) in [5.41, 5.74) is 5.54. The summed E-state index contributed by atoms with van der Waals surface area (Å²) in [5.74, 6) is 1.49. The molecule has 0 unspecified atom stereocenters. The van der Waals surface area contributed by atoms with Crippen LogP contribution in [-0.4, -0.2) is 16.4 Å². The summed E-state index contributed by atoms with van der Waals surface area (Å²) in [4.78, 5) is 17.4. The standard InChI is InChI=1S/C27H41O4P/c1-21(2)23-12-16-25(17-13-23)27(26-18-14-24(15-19-26)22(3)4)11-9-7-5-6-8-10-20-31-32(28,29)30/h12-19,21-22,27H,5-11,20H2,1-4H3,(H2,28,29,30). The maximum atomic E-state index is 10.7. The summed E-state index contributed by atoms with van der Waals surface area (Å²) in [6, 6.07) is 18.3. The lowest BCUT2D eigenvalue weighted by atomic mass is 9.85. The van der Waals surface area contributed by atoms with Crippen LogP contribution in [0.5, 0.6) is 0 Å². The van der Waals surface area contributed by atoms with E-state index >= 15 is 0 Å². The molecule has 0 aromatic heterocycles. The van der Waals surface area contributed by atoms with Crippen molar-refractivity contribution >= 4 is 7.82 Å². The molecule has 0 bridgehead atoms. The molecule has 2 aromatic carbocycles. The third-order valence-corrected chi connectivity index (χ3v) is 6.68. The fourth-order valence-corrected chi connectivity index (χ4v) is 4.46. The minimum absolute atomic E-state index is 0.130. The molecule has 0 amide bonds. The summed E-state index contributed by atoms with van der Waals surface area (Å²) < 4.78 is 15.2. The van der Waals surface area contributed by atoms with Crippen molar-refractivity contribution in [1.29, 1.82) is 0 Å². The Balaban J connectivity index is 1.90. The first-order valence-electron chi connectivity index (χ1n) is 12.1. The van der Waals surface area contributed by atoms with Crippen LogP contribution in [0.2, 0.25) is 0 Å². The van der Waals surface area contributed by atoms with E-state index in [1.807, 2.05) is 0 Å². The van der Waals surface area contributed by atoms with Crippen molar-refractivity contribution in [2.24, 2.45) is 0 Å². The summed E-state index contributed by atoms with van der Waals surface area (Å²) in [6.07, 6.45) is 7.31. The third kappa shape index (κ3) is 9.58. The molecular formula is C27H41O4P. The Labute approximate surface area is 194 Å². The second-order valence-electron chi connectivity index (χ2n) is 9.43. The van der Waals surface area contributed by atoms with Crippen molar-refractivity contribution in [3.8, 4) is 0 Å². The van der Waals surface area contributed by atoms with Crippen LogP contribution in [0.1, 0.15) is 113 Å². The predicted octanol–water partition coefficient (Wildman–Crippen LogP) is 7.91. The molecule has 0 heterocycles. The molecule has 0 atom stereocenters. The van der Waals surface area contributed by atoms with Gasteiger partial charge in [-0.25, -0.2) is 4.57 Å². The first-order chi connectivity index (χ1) is 15.2. The number of hydrogen-bond acceptors (Lipinski definition) is 2. The van der Waals surface area contributed by atoms with Crippen LogP contribution in [0.3, 0.4) is 0 Å². The van der Waals surface area contributed by atoms with E-state index < -0.39 is 7.82 Å². The minimum atomic E-state index is -4.32. The highest BCUT2D eigenvalue weighted by molar-refractivity contribution is 7.46. The number of phosphoric ester groups is 1. The minimum Gasteiger partial charge on any atom is -0.303 e. The Morgan fingerprint density at radius 3 is 1.44 bits per heavy atom. The van der Waals surface area contributed by atoms with Gasteiger partial charge in [0, 0.05) is 5.92 Å². The van der Waals surface area contributed by atoms with Gasteiger partial charge in [0.2, 0.25) is 0 Å². The third-order valence-electron chi connectivity index (χ3n) is 6.16. The lowest BCUT2D eigenvalue weighted by Crippen LogP contribution is -2.03. The van der Waals surface area contributed by atoms with Gasteiger partial charge >= 0.3 is 7.82 Å². The number of hydrogen-bond donors (Lipinski definition) is 2. The first kappa shape index (κ1) is 26.8. The Bertz CT molecular complexity index is 770. The van der Waals surface area contributed by atoms with Gasteiger partial charge in [0.05, 0.1) is 6.61 Å². The van der Waals surface area contributed by atoms with Gasteiger partial charge in [-0.3, -0.25) is 4.52 Å². The fourth-order valence-electron chi connectivity index (χ4n) is 4.09. The average molecular weight is 461 g/mol. The Kier molecular flexibility index (Phi) is 11.1. The number of rotatable bonds is 14. The molecule has 2 aromatic rings. The molecule has 5 heteroatoms. The van der Waals surface area contributed by atoms with E-state index in [0.29, 0.717) is 24.2 Å². The van der Waals surface area contributed by atoms with E-state index in [1.54, 1.807) is 0 Å². The van der Waals surface area contributed by atoms with Crippen LogP contribution in [0, 0.1) is 0 Å². The van der Waals surface area contributed by atoms with Gasteiger partial charge in [-0.15, -0.1) is 0 Å². The topological polar surface area (TPSA) is 66.8 Å². The maximum Gasteiger partial charge on any atom is 0.469 e. The molecule has 32 heavy (non-hydrogen) atoms. The van der Waals surface area contributed by atoms with Gasteiger partial charge in [0.25, 0.3) is 0 Å². The highest BCUT2D eigenvalue weighted by Crippen LogP contribution is 2.36. The zero-order chi connectivity index (χ0) is 23.6. The monoisotopic (exact) mass is 460 g/mol. The SMILES string of the molecule is CC(C)c1ccc(C(CCCCCCCCOP(=O)(O)O)c2ccc(C(C)C)cc2)cc1. The largest absolute Gasteiger partial charge is 0.469 e. The highest BCUT2D eigenvalue weighted by atomic mass is 31.2. The first-order valence-corrected chi connectivity index (χ1v) is 13.6. The van der Waals surface area contributed by atoms with E-state index in [9.17, 15) is 4.57 Å². The van der Waals surface area contributed by atoms with Crippen molar-refractivity contribution in [2.75, 3.05) is 6.61 Å². The van der Waals surface area contributed by atoms with Crippen LogP contribution >= 0.6 is 7.82 Å². The molecule has 178 valence electrons. The van der Waals surface area contributed by atoms with E-state index in [0.717, 1.165) is 25.7 Å². The quantitative estimate of drug-likeness (QED) is 0.222. The maximum absolute atomic E-state index is 10.7. The van der Waals surface area contributed by atoms with Crippen molar-refractivity contribution in [3.63, 3.8) is 0 Å². The van der Waals surface area contributed by atoms with E-state index in [1.165, 1.54) is 35.1 Å². The second kappa shape index (κ2) is 13.3. The van der Waals surface area contributed by atoms with E-state index in [2.05, 4.69) is 80.7 Å². The van der Waals surface area contributed by atoms with Gasteiger partial charge in [0.15, 0.2) is 0 Å². The smallest absolute Gasteiger partial charge is 0.303 e. The predicted molar refractivity (Wildman–Crippen MR) is 133 cm³/mol. The summed E-state index contributed by atoms with van der Waals surface area (Å²) in [7, 11) is -4.32. The molecule has 0 aliphatic carbocycles. The highest BCUT2D eigenvalue weighted by Gasteiger charge is 2.15. The van der Waals surface area contributed by atoms with Gasteiger partial charge in [-0.2, -0.15) is 0 Å². The van der Waals surface area contributed by atoms with Crippen LogP contribution < -0.4 is 0 Å². The summed E-state index contributed by atoms with van der Waals surface area (Å²) >= 11 is 0. The number of phosphoric acid groups is 1. The lowest BCUT2D eigenvalue weighted by Gasteiger charge is -2.20. The van der Waals surface area contributed by atoms with Gasteiger partial charge in [-0.05, 0) is 46.9 Å². The van der Waals surface area contributed by atoms with Crippen molar-refractivity contribution in [1.82, 2.24) is 0 Å².